The van der Waals surface area contributed by atoms with Gasteiger partial charge in [-0.25, -0.2) is 0 Å². The van der Waals surface area contributed by atoms with E-state index in [2.05, 4.69) is 66.3 Å². The van der Waals surface area contributed by atoms with E-state index < -0.39 is 0 Å². The first-order valence-corrected chi connectivity index (χ1v) is 7.22. The lowest BCUT2D eigenvalue weighted by molar-refractivity contribution is 0.575. The first-order valence-electron chi connectivity index (χ1n) is 7.22. The van der Waals surface area contributed by atoms with Crippen LogP contribution in [0.4, 0.5) is 0 Å². The minimum Gasteiger partial charge on any atom is -0.0987 e. The van der Waals surface area contributed by atoms with Crippen molar-refractivity contribution in [3.63, 3.8) is 0 Å². The fourth-order valence-corrected chi connectivity index (χ4v) is 2.62. The monoisotopic (exact) mass is 258 g/mol. The van der Waals surface area contributed by atoms with Crippen molar-refractivity contribution in [2.75, 3.05) is 0 Å². The molecule has 0 fully saturated rings. The van der Waals surface area contributed by atoms with E-state index in [0.717, 1.165) is 0 Å². The molecular weight excluding hydrogens is 228 g/mol. The van der Waals surface area contributed by atoms with E-state index in [-0.39, 0.29) is 5.41 Å². The summed E-state index contributed by atoms with van der Waals surface area (Å²) in [6, 6.07) is 0. The highest BCUT2D eigenvalue weighted by atomic mass is 14.4. The van der Waals surface area contributed by atoms with Crippen LogP contribution in [-0.2, 0) is 0 Å². The second-order valence-corrected chi connectivity index (χ2v) is 5.42. The Morgan fingerprint density at radius 2 is 1.63 bits per heavy atom. The van der Waals surface area contributed by atoms with E-state index in [4.69, 9.17) is 0 Å². The molecule has 0 amide bonds. The molecule has 0 saturated carbocycles. The molecule has 1 aliphatic carbocycles. The summed E-state index contributed by atoms with van der Waals surface area (Å²) in [5.41, 5.74) is 6.88. The van der Waals surface area contributed by atoms with E-state index in [1.54, 1.807) is 0 Å². The number of rotatable bonds is 3. The molecule has 0 atom stereocenters. The van der Waals surface area contributed by atoms with Crippen molar-refractivity contribution >= 4 is 0 Å². The molecule has 0 N–H and O–H groups in total. The molecule has 106 valence electrons. The molecule has 19 heavy (non-hydrogen) atoms. The third-order valence-electron chi connectivity index (χ3n) is 3.42. The van der Waals surface area contributed by atoms with Gasteiger partial charge in [0, 0.05) is 5.41 Å². The minimum atomic E-state index is 0.0674. The summed E-state index contributed by atoms with van der Waals surface area (Å²) in [6.45, 7) is 21.1. The molecule has 0 saturated heterocycles. The molecule has 0 spiro atoms. The summed E-state index contributed by atoms with van der Waals surface area (Å²) in [5.74, 6) is 0. The van der Waals surface area contributed by atoms with Gasteiger partial charge < -0.3 is 0 Å². The predicted octanol–water partition coefficient (Wildman–Crippen LogP) is 6.39. The van der Waals surface area contributed by atoms with E-state index in [1.807, 2.05) is 19.9 Å². The molecule has 0 aromatic carbocycles. The van der Waals surface area contributed by atoms with Crippen LogP contribution in [0.15, 0.2) is 58.7 Å². The van der Waals surface area contributed by atoms with Crippen molar-refractivity contribution in [2.24, 2.45) is 5.41 Å². The lowest BCUT2D eigenvalue weighted by Crippen LogP contribution is -2.13. The molecular formula is C19H30. The van der Waals surface area contributed by atoms with Crippen molar-refractivity contribution in [1.29, 1.82) is 0 Å². The fraction of sp³-hybridized carbons (Fsp3) is 0.474. The fourth-order valence-electron chi connectivity index (χ4n) is 2.62. The molecule has 0 aromatic heterocycles. The van der Waals surface area contributed by atoms with E-state index in [0.29, 0.717) is 0 Å². The van der Waals surface area contributed by atoms with Crippen LogP contribution in [0, 0.1) is 5.41 Å². The number of allylic oxidation sites excluding steroid dienone is 9. The second kappa shape index (κ2) is 7.33. The van der Waals surface area contributed by atoms with Crippen molar-refractivity contribution in [2.45, 2.75) is 55.4 Å². The smallest absolute Gasteiger partial charge is 0.0155 e. The maximum atomic E-state index is 3.98. The third kappa shape index (κ3) is 3.59. The van der Waals surface area contributed by atoms with E-state index >= 15 is 0 Å². The van der Waals surface area contributed by atoms with Gasteiger partial charge in [-0.05, 0) is 50.0 Å². The van der Waals surface area contributed by atoms with E-state index in [9.17, 15) is 0 Å². The summed E-state index contributed by atoms with van der Waals surface area (Å²) in [6.07, 6.45) is 8.60. The Kier molecular flexibility index (Phi) is 6.83. The maximum absolute atomic E-state index is 3.98. The van der Waals surface area contributed by atoms with Gasteiger partial charge in [0.25, 0.3) is 0 Å². The highest BCUT2D eigenvalue weighted by molar-refractivity contribution is 5.62. The van der Waals surface area contributed by atoms with Crippen LogP contribution < -0.4 is 0 Å². The Bertz CT molecular complexity index is 444. The number of hydrogen-bond acceptors (Lipinski definition) is 0. The standard InChI is InChI=1S/C17H24.C2H6/c1-8-10-14-13(5)16(11-12(3)4)17(6,7)15(14)9-2;1-2/h8-11H,2H2,1,3-7H3;1-2H3/b10-8-;. The van der Waals surface area contributed by atoms with Gasteiger partial charge in [-0.3, -0.25) is 0 Å². The molecule has 0 heterocycles. The molecule has 0 aromatic rings. The van der Waals surface area contributed by atoms with Gasteiger partial charge in [-0.15, -0.1) is 0 Å². The van der Waals surface area contributed by atoms with Crippen molar-refractivity contribution in [1.82, 2.24) is 0 Å². The Hall–Kier alpha value is -1.30. The van der Waals surface area contributed by atoms with Gasteiger partial charge in [-0.2, -0.15) is 0 Å². The summed E-state index contributed by atoms with van der Waals surface area (Å²) >= 11 is 0. The van der Waals surface area contributed by atoms with Crippen LogP contribution in [-0.4, -0.2) is 0 Å². The van der Waals surface area contributed by atoms with Gasteiger partial charge in [0.2, 0.25) is 0 Å². The highest BCUT2D eigenvalue weighted by Gasteiger charge is 2.34. The van der Waals surface area contributed by atoms with Crippen LogP contribution in [0.5, 0.6) is 0 Å². The average molecular weight is 258 g/mol. The Morgan fingerprint density at radius 3 is 2.00 bits per heavy atom. The Balaban J connectivity index is 0.00000154. The minimum absolute atomic E-state index is 0.0674. The zero-order valence-corrected chi connectivity index (χ0v) is 14.0. The quantitative estimate of drug-likeness (QED) is 0.550. The van der Waals surface area contributed by atoms with Crippen molar-refractivity contribution in [3.8, 4) is 0 Å². The number of hydrogen-bond donors (Lipinski definition) is 0. The average Bonchev–Trinajstić information content (AvgIpc) is 2.52. The van der Waals surface area contributed by atoms with Crippen molar-refractivity contribution in [3.05, 3.63) is 58.7 Å². The van der Waals surface area contributed by atoms with Gasteiger partial charge in [0.05, 0.1) is 0 Å². The molecule has 0 unspecified atom stereocenters. The van der Waals surface area contributed by atoms with Crippen LogP contribution in [0.3, 0.4) is 0 Å². The Labute approximate surface area is 120 Å². The maximum Gasteiger partial charge on any atom is 0.0155 e. The molecule has 0 nitrogen and oxygen atoms in total. The van der Waals surface area contributed by atoms with Crippen molar-refractivity contribution < 1.29 is 0 Å². The van der Waals surface area contributed by atoms with Gasteiger partial charge in [-0.1, -0.05) is 64.2 Å². The summed E-state index contributed by atoms with van der Waals surface area (Å²) in [5, 5.41) is 0. The topological polar surface area (TPSA) is 0 Å². The summed E-state index contributed by atoms with van der Waals surface area (Å²) in [7, 11) is 0. The molecule has 1 rings (SSSR count). The van der Waals surface area contributed by atoms with Crippen LogP contribution in [0.1, 0.15) is 55.4 Å². The van der Waals surface area contributed by atoms with Gasteiger partial charge in [0.15, 0.2) is 0 Å². The van der Waals surface area contributed by atoms with Gasteiger partial charge in [0.1, 0.15) is 0 Å². The Morgan fingerprint density at radius 1 is 1.11 bits per heavy atom. The highest BCUT2D eigenvalue weighted by Crippen LogP contribution is 2.48. The zero-order chi connectivity index (χ0) is 15.2. The summed E-state index contributed by atoms with van der Waals surface area (Å²) in [4.78, 5) is 0. The summed E-state index contributed by atoms with van der Waals surface area (Å²) < 4.78 is 0. The van der Waals surface area contributed by atoms with Crippen LogP contribution in [0.2, 0.25) is 0 Å². The predicted molar refractivity (Wildman–Crippen MR) is 89.3 cm³/mol. The zero-order valence-electron chi connectivity index (χ0n) is 14.0. The van der Waals surface area contributed by atoms with Gasteiger partial charge >= 0.3 is 0 Å². The molecule has 0 bridgehead atoms. The van der Waals surface area contributed by atoms with Crippen LogP contribution in [0.25, 0.3) is 0 Å². The molecule has 0 radical (unpaired) electrons. The largest absolute Gasteiger partial charge is 0.0987 e. The van der Waals surface area contributed by atoms with Crippen LogP contribution >= 0.6 is 0 Å². The lowest BCUT2D eigenvalue weighted by Gasteiger charge is -2.24. The molecule has 0 aliphatic heterocycles. The SMILES string of the molecule is C=CC1=C(/C=C\C)C(C)=C(C=C(C)C)C1(C)C.CC. The third-order valence-corrected chi connectivity index (χ3v) is 3.42. The first kappa shape index (κ1) is 17.7. The molecule has 1 aliphatic rings. The lowest BCUT2D eigenvalue weighted by atomic mass is 9.79. The van der Waals surface area contributed by atoms with E-state index in [1.165, 1.54) is 27.9 Å². The molecule has 0 heteroatoms. The first-order chi connectivity index (χ1) is 8.86. The normalized spacial score (nSPS) is 17.5. The second-order valence-electron chi connectivity index (χ2n) is 5.42.